The lowest BCUT2D eigenvalue weighted by Gasteiger charge is -2.34. The first-order chi connectivity index (χ1) is 8.59. The molecule has 0 aromatic heterocycles. The van der Waals surface area contributed by atoms with Crippen LogP contribution in [0, 0.1) is 0 Å². The molecule has 2 N–H and O–H groups in total. The minimum Gasteiger partial charge on any atom is -0.508 e. The molecule has 3 nitrogen and oxygen atoms in total. The fraction of sp³-hybridized carbons (Fsp3) is 0.500. The molecule has 1 aromatic carbocycles. The van der Waals surface area contributed by atoms with E-state index in [2.05, 4.69) is 5.32 Å². The molecule has 1 saturated heterocycles. The number of benzene rings is 1. The van der Waals surface area contributed by atoms with Gasteiger partial charge in [0.05, 0.1) is 0 Å². The van der Waals surface area contributed by atoms with Crippen LogP contribution in [0.5, 0.6) is 5.75 Å². The van der Waals surface area contributed by atoms with Crippen molar-refractivity contribution < 1.29 is 13.9 Å². The summed E-state index contributed by atoms with van der Waals surface area (Å²) < 4.78 is 26.5. The molecule has 0 spiro atoms. The minimum absolute atomic E-state index is 0. The van der Waals surface area contributed by atoms with Crippen LogP contribution in [0.1, 0.15) is 11.6 Å². The van der Waals surface area contributed by atoms with Crippen molar-refractivity contribution in [3.05, 3.63) is 28.8 Å². The second-order valence-electron chi connectivity index (χ2n) is 4.27. The number of halogens is 5. The zero-order valence-electron chi connectivity index (χ0n) is 10.6. The zero-order valence-corrected chi connectivity index (χ0v) is 12.9. The topological polar surface area (TPSA) is 35.5 Å². The van der Waals surface area contributed by atoms with E-state index in [4.69, 9.17) is 11.6 Å². The number of alkyl halides is 2. The first kappa shape index (κ1) is 19.7. The van der Waals surface area contributed by atoms with Crippen LogP contribution in [-0.4, -0.2) is 42.6 Å². The third-order valence-corrected chi connectivity index (χ3v) is 3.33. The van der Waals surface area contributed by atoms with E-state index in [0.717, 1.165) is 0 Å². The Morgan fingerprint density at radius 2 is 1.80 bits per heavy atom. The van der Waals surface area contributed by atoms with Crippen molar-refractivity contribution in [1.82, 2.24) is 10.2 Å². The molecule has 0 unspecified atom stereocenters. The van der Waals surface area contributed by atoms with Crippen molar-refractivity contribution in [3.63, 3.8) is 0 Å². The van der Waals surface area contributed by atoms with Crippen LogP contribution in [0.4, 0.5) is 8.78 Å². The van der Waals surface area contributed by atoms with E-state index < -0.39 is 12.5 Å². The maximum Gasteiger partial charge on any atom is 0.258 e. The van der Waals surface area contributed by atoms with E-state index in [1.807, 2.05) is 0 Å². The van der Waals surface area contributed by atoms with Crippen LogP contribution in [0.2, 0.25) is 5.02 Å². The summed E-state index contributed by atoms with van der Waals surface area (Å²) in [6, 6.07) is 3.15. The van der Waals surface area contributed by atoms with E-state index in [-0.39, 0.29) is 36.1 Å². The summed E-state index contributed by atoms with van der Waals surface area (Å²) in [6.07, 6.45) is -2.56. The molecule has 8 heteroatoms. The van der Waals surface area contributed by atoms with E-state index in [1.165, 1.54) is 18.2 Å². The molecule has 0 aliphatic carbocycles. The van der Waals surface area contributed by atoms with E-state index >= 15 is 0 Å². The predicted molar refractivity (Wildman–Crippen MR) is 80.8 cm³/mol. The Morgan fingerprint density at radius 1 is 1.20 bits per heavy atom. The summed E-state index contributed by atoms with van der Waals surface area (Å²) in [5.41, 5.74) is 0.194. The maximum atomic E-state index is 13.3. The Kier molecular flexibility index (Phi) is 8.70. The molecular weight excluding hydrogens is 333 g/mol. The predicted octanol–water partition coefficient (Wildman–Crippen LogP) is 3.10. The molecule has 1 aromatic rings. The van der Waals surface area contributed by atoms with E-state index in [9.17, 15) is 13.9 Å². The van der Waals surface area contributed by atoms with Gasteiger partial charge < -0.3 is 10.4 Å². The first-order valence-corrected chi connectivity index (χ1v) is 6.18. The number of aromatic hydroxyl groups is 1. The molecule has 0 amide bonds. The largest absolute Gasteiger partial charge is 0.508 e. The van der Waals surface area contributed by atoms with Crippen LogP contribution in [0.15, 0.2) is 18.2 Å². The highest BCUT2D eigenvalue weighted by molar-refractivity contribution is 6.30. The van der Waals surface area contributed by atoms with Crippen molar-refractivity contribution in [2.45, 2.75) is 12.5 Å². The number of nitrogens with one attached hydrogen (secondary N) is 1. The highest BCUT2D eigenvalue weighted by Gasteiger charge is 2.32. The number of phenols is 1. The van der Waals surface area contributed by atoms with Gasteiger partial charge in [-0.05, 0) is 18.2 Å². The van der Waals surface area contributed by atoms with Crippen molar-refractivity contribution in [2.24, 2.45) is 0 Å². The van der Waals surface area contributed by atoms with Gasteiger partial charge in [-0.1, -0.05) is 11.6 Å². The van der Waals surface area contributed by atoms with Gasteiger partial charge in [-0.3, -0.25) is 4.90 Å². The lowest BCUT2D eigenvalue weighted by atomic mass is 10.0. The van der Waals surface area contributed by atoms with Crippen molar-refractivity contribution in [1.29, 1.82) is 0 Å². The third-order valence-electron chi connectivity index (χ3n) is 3.09. The number of hydrogen-bond donors (Lipinski definition) is 2. The number of piperazine rings is 1. The summed E-state index contributed by atoms with van der Waals surface area (Å²) in [6.45, 7) is 2.40. The van der Waals surface area contributed by atoms with Gasteiger partial charge in [0.15, 0.2) is 0 Å². The van der Waals surface area contributed by atoms with Crippen molar-refractivity contribution in [3.8, 4) is 5.75 Å². The van der Waals surface area contributed by atoms with Gasteiger partial charge in [0.1, 0.15) is 11.8 Å². The molecule has 0 saturated carbocycles. The van der Waals surface area contributed by atoms with Crippen LogP contribution in [0.25, 0.3) is 0 Å². The zero-order chi connectivity index (χ0) is 13.1. The van der Waals surface area contributed by atoms with Crippen LogP contribution >= 0.6 is 36.4 Å². The maximum absolute atomic E-state index is 13.3. The summed E-state index contributed by atoms with van der Waals surface area (Å²) in [7, 11) is 0. The molecule has 1 fully saturated rings. The fourth-order valence-corrected chi connectivity index (χ4v) is 2.39. The average Bonchev–Trinajstić information content (AvgIpc) is 2.35. The average molecular weight is 350 g/mol. The van der Waals surface area contributed by atoms with Gasteiger partial charge in [-0.2, -0.15) is 0 Å². The van der Waals surface area contributed by atoms with Gasteiger partial charge >= 0.3 is 0 Å². The summed E-state index contributed by atoms with van der Waals surface area (Å²) in [5, 5.41) is 13.2. The molecule has 116 valence electrons. The number of nitrogens with zero attached hydrogens (tertiary/aromatic N) is 1. The van der Waals surface area contributed by atoms with Crippen LogP contribution in [0.3, 0.4) is 0 Å². The van der Waals surface area contributed by atoms with Gasteiger partial charge in [-0.25, -0.2) is 8.78 Å². The van der Waals surface area contributed by atoms with Crippen LogP contribution < -0.4 is 5.32 Å². The molecule has 20 heavy (non-hydrogen) atoms. The molecule has 1 aliphatic heterocycles. The third kappa shape index (κ3) is 4.60. The van der Waals surface area contributed by atoms with Crippen molar-refractivity contribution in [2.75, 3.05) is 26.2 Å². The fourth-order valence-electron chi connectivity index (χ4n) is 2.21. The van der Waals surface area contributed by atoms with Gasteiger partial charge in [0, 0.05) is 36.8 Å². The Labute approximate surface area is 134 Å². The molecule has 0 radical (unpaired) electrons. The Bertz CT molecular complexity index is 418. The standard InChI is InChI=1S/C12H15ClF2N2O.2ClH/c13-8-1-2-10(18)9(7-8)11(12(14)15)17-5-3-16-4-6-17;;/h1-2,7,11-12,16,18H,3-6H2;2*1H/t11-;;/m0../s1. The smallest absolute Gasteiger partial charge is 0.258 e. The first-order valence-electron chi connectivity index (χ1n) is 5.81. The van der Waals surface area contributed by atoms with Gasteiger partial charge in [0.2, 0.25) is 0 Å². The Morgan fingerprint density at radius 3 is 2.35 bits per heavy atom. The quantitative estimate of drug-likeness (QED) is 0.880. The molecular formula is C12H17Cl3F2N2O. The van der Waals surface area contributed by atoms with Gasteiger partial charge in [0.25, 0.3) is 6.43 Å². The van der Waals surface area contributed by atoms with Crippen LogP contribution in [-0.2, 0) is 0 Å². The Hall–Kier alpha value is -0.330. The normalized spacial score (nSPS) is 17.2. The highest BCUT2D eigenvalue weighted by Crippen LogP contribution is 2.35. The summed E-state index contributed by atoms with van der Waals surface area (Å²) in [5.74, 6) is -0.136. The van der Waals surface area contributed by atoms with Gasteiger partial charge in [-0.15, -0.1) is 24.8 Å². The second kappa shape index (κ2) is 8.85. The molecule has 0 bridgehead atoms. The van der Waals surface area contributed by atoms with E-state index in [0.29, 0.717) is 31.2 Å². The number of hydrogen-bond acceptors (Lipinski definition) is 3. The lowest BCUT2D eigenvalue weighted by molar-refractivity contribution is 0.0170. The lowest BCUT2D eigenvalue weighted by Crippen LogP contribution is -2.46. The molecule has 1 atom stereocenters. The summed E-state index contributed by atoms with van der Waals surface area (Å²) in [4.78, 5) is 1.67. The minimum atomic E-state index is -2.56. The molecule has 2 rings (SSSR count). The Balaban J connectivity index is 0.00000180. The number of rotatable bonds is 3. The summed E-state index contributed by atoms with van der Waals surface area (Å²) >= 11 is 5.82. The SMILES string of the molecule is Cl.Cl.Oc1ccc(Cl)cc1[C@@H](C(F)F)N1CCNCC1. The second-order valence-corrected chi connectivity index (χ2v) is 4.70. The molecule has 1 aliphatic rings. The monoisotopic (exact) mass is 348 g/mol. The molecule has 1 heterocycles. The van der Waals surface area contributed by atoms with E-state index in [1.54, 1.807) is 4.90 Å². The highest BCUT2D eigenvalue weighted by atomic mass is 35.5. The number of phenolic OH excluding ortho intramolecular Hbond substituents is 1. The van der Waals surface area contributed by atoms with Crippen molar-refractivity contribution >= 4 is 36.4 Å².